The third-order valence-corrected chi connectivity index (χ3v) is 11.7. The highest BCUT2D eigenvalue weighted by Crippen LogP contribution is 2.14. The Hall–Kier alpha value is -3.93. The normalized spacial score (nSPS) is 12.9. The van der Waals surface area contributed by atoms with Crippen LogP contribution in [0.2, 0.25) is 0 Å². The van der Waals surface area contributed by atoms with Crippen LogP contribution < -0.4 is 0 Å². The third-order valence-electron chi connectivity index (χ3n) is 11.7. The van der Waals surface area contributed by atoms with Crippen molar-refractivity contribution in [1.29, 1.82) is 0 Å². The van der Waals surface area contributed by atoms with Crippen LogP contribution in [0.5, 0.6) is 0 Å². The van der Waals surface area contributed by atoms with E-state index in [2.05, 4.69) is 130 Å². The molecule has 0 N–H and O–H groups in total. The molecule has 0 radical (unpaired) electrons. The van der Waals surface area contributed by atoms with E-state index in [9.17, 15) is 14.4 Å². The number of rotatable bonds is 50. The first-order chi connectivity index (χ1) is 34.0. The summed E-state index contributed by atoms with van der Waals surface area (Å²) in [5.74, 6) is -0.991. The Labute approximate surface area is 425 Å². The predicted molar refractivity (Wildman–Crippen MR) is 297 cm³/mol. The van der Waals surface area contributed by atoms with Gasteiger partial charge in [-0.3, -0.25) is 14.4 Å². The van der Waals surface area contributed by atoms with E-state index in [0.717, 1.165) is 116 Å². The maximum Gasteiger partial charge on any atom is 0.306 e. The van der Waals surface area contributed by atoms with Crippen LogP contribution in [0.1, 0.15) is 252 Å². The predicted octanol–water partition coefficient (Wildman–Crippen LogP) is 19.1. The SMILES string of the molecule is CC/C=C\C/C=C\C/C=C\C/C=C\C/C=C\CCCC(=O)O[C@H](COC(=O)CCCCCCC/C=C\C/C=C\C/C=C\CC)COC(=O)CCCCCCCCC/C=C\CCCCCCCCCC. The van der Waals surface area contributed by atoms with Gasteiger partial charge < -0.3 is 14.2 Å². The molecule has 0 aromatic carbocycles. The minimum atomic E-state index is -0.819. The summed E-state index contributed by atoms with van der Waals surface area (Å²) in [4.78, 5) is 38.1. The molecule has 0 aliphatic rings. The Morgan fingerprint density at radius 2 is 0.580 bits per heavy atom. The lowest BCUT2D eigenvalue weighted by Gasteiger charge is -2.18. The van der Waals surface area contributed by atoms with Gasteiger partial charge in [0.05, 0.1) is 0 Å². The topological polar surface area (TPSA) is 78.9 Å². The van der Waals surface area contributed by atoms with Gasteiger partial charge in [0.2, 0.25) is 0 Å². The van der Waals surface area contributed by atoms with E-state index in [-0.39, 0.29) is 37.5 Å². The summed E-state index contributed by atoms with van der Waals surface area (Å²) in [6.07, 6.45) is 76.6. The van der Waals surface area contributed by atoms with Gasteiger partial charge in [0.15, 0.2) is 6.10 Å². The molecule has 0 aliphatic heterocycles. The van der Waals surface area contributed by atoms with Gasteiger partial charge >= 0.3 is 17.9 Å². The number of carbonyl (C=O) groups is 3. The summed E-state index contributed by atoms with van der Waals surface area (Å²) in [6, 6.07) is 0. The van der Waals surface area contributed by atoms with Crippen molar-refractivity contribution in [1.82, 2.24) is 0 Å². The lowest BCUT2D eigenvalue weighted by Crippen LogP contribution is -2.30. The second-order valence-corrected chi connectivity index (χ2v) is 18.4. The lowest BCUT2D eigenvalue weighted by atomic mass is 10.1. The molecule has 6 heteroatoms. The second kappa shape index (κ2) is 56.7. The number of ether oxygens (including phenoxy) is 3. The molecule has 0 spiro atoms. The van der Waals surface area contributed by atoms with Gasteiger partial charge in [-0.2, -0.15) is 0 Å². The second-order valence-electron chi connectivity index (χ2n) is 18.4. The number of hydrogen-bond acceptors (Lipinski definition) is 6. The maximum absolute atomic E-state index is 12.8. The molecular formula is C63H104O6. The summed E-state index contributed by atoms with van der Waals surface area (Å²) in [7, 11) is 0. The number of allylic oxidation sites excluding steroid dienone is 18. The monoisotopic (exact) mass is 957 g/mol. The van der Waals surface area contributed by atoms with E-state index in [1.54, 1.807) is 0 Å². The molecule has 1 atom stereocenters. The number of hydrogen-bond donors (Lipinski definition) is 0. The van der Waals surface area contributed by atoms with Crippen LogP contribution in [-0.2, 0) is 28.6 Å². The first kappa shape index (κ1) is 65.1. The Morgan fingerprint density at radius 1 is 0.304 bits per heavy atom. The lowest BCUT2D eigenvalue weighted by molar-refractivity contribution is -0.167. The summed E-state index contributed by atoms with van der Waals surface area (Å²) < 4.78 is 16.8. The molecular weight excluding hydrogens is 853 g/mol. The minimum absolute atomic E-state index is 0.110. The van der Waals surface area contributed by atoms with Crippen LogP contribution in [0.4, 0.5) is 0 Å². The standard InChI is InChI=1S/C63H104O6/c1-4-7-10-13-16-19-22-25-28-30-31-33-35-38-41-44-47-50-53-56-62(65)68-59-60(58-67-61(64)55-52-49-46-43-40-37-34-27-24-21-18-15-12-9-6-3)69-63(66)57-54-51-48-45-42-39-36-32-29-26-23-20-17-14-11-8-5-2/h8-9,11-12,17-18,20-21,26-27,29-31,34,36,39,45,48,60H,4-7,10,13-16,19,22-25,28,32-33,35,37-38,40-44,46-47,49-59H2,1-3H3/b11-8-,12-9-,20-17-,21-18-,29-26-,31-30-,34-27-,39-36-,48-45-/t60-/m1/s1. The summed E-state index contributed by atoms with van der Waals surface area (Å²) in [5.41, 5.74) is 0. The quantitative estimate of drug-likeness (QED) is 0.0262. The Morgan fingerprint density at radius 3 is 0.942 bits per heavy atom. The Bertz CT molecular complexity index is 1420. The molecule has 0 bridgehead atoms. The van der Waals surface area contributed by atoms with E-state index in [1.807, 2.05) is 0 Å². The zero-order valence-corrected chi connectivity index (χ0v) is 44.8. The third kappa shape index (κ3) is 54.9. The molecule has 392 valence electrons. The first-order valence-corrected chi connectivity index (χ1v) is 28.4. The fourth-order valence-electron chi connectivity index (χ4n) is 7.55. The molecule has 6 nitrogen and oxygen atoms in total. The van der Waals surface area contributed by atoms with Crippen LogP contribution in [0.3, 0.4) is 0 Å². The van der Waals surface area contributed by atoms with E-state index >= 15 is 0 Å². The van der Waals surface area contributed by atoms with Crippen LogP contribution in [-0.4, -0.2) is 37.2 Å². The van der Waals surface area contributed by atoms with E-state index in [0.29, 0.717) is 19.3 Å². The molecule has 0 saturated carbocycles. The van der Waals surface area contributed by atoms with Crippen molar-refractivity contribution in [3.8, 4) is 0 Å². The maximum atomic E-state index is 12.8. The first-order valence-electron chi connectivity index (χ1n) is 28.4. The zero-order chi connectivity index (χ0) is 50.0. The van der Waals surface area contributed by atoms with Crippen molar-refractivity contribution in [2.24, 2.45) is 0 Å². The van der Waals surface area contributed by atoms with E-state index < -0.39 is 6.10 Å². The van der Waals surface area contributed by atoms with Crippen molar-refractivity contribution in [3.05, 3.63) is 109 Å². The minimum Gasteiger partial charge on any atom is -0.462 e. The highest BCUT2D eigenvalue weighted by Gasteiger charge is 2.19. The zero-order valence-electron chi connectivity index (χ0n) is 44.8. The average Bonchev–Trinajstić information content (AvgIpc) is 3.35. The van der Waals surface area contributed by atoms with Crippen molar-refractivity contribution >= 4 is 17.9 Å². The molecule has 0 unspecified atom stereocenters. The number of carbonyl (C=O) groups excluding carboxylic acids is 3. The molecule has 0 heterocycles. The van der Waals surface area contributed by atoms with E-state index in [4.69, 9.17) is 14.2 Å². The fraction of sp³-hybridized carbons (Fsp3) is 0.667. The van der Waals surface area contributed by atoms with Gasteiger partial charge in [-0.1, -0.05) is 226 Å². The van der Waals surface area contributed by atoms with Crippen molar-refractivity contribution in [3.63, 3.8) is 0 Å². The highest BCUT2D eigenvalue weighted by atomic mass is 16.6. The Balaban J connectivity index is 4.50. The molecule has 0 saturated heterocycles. The molecule has 0 fully saturated rings. The van der Waals surface area contributed by atoms with Gasteiger partial charge in [-0.05, 0) is 116 Å². The van der Waals surface area contributed by atoms with Gasteiger partial charge in [0.1, 0.15) is 13.2 Å². The summed E-state index contributed by atoms with van der Waals surface area (Å²) in [5, 5.41) is 0. The van der Waals surface area contributed by atoms with Gasteiger partial charge in [0, 0.05) is 19.3 Å². The molecule has 69 heavy (non-hydrogen) atoms. The van der Waals surface area contributed by atoms with Crippen molar-refractivity contribution in [2.45, 2.75) is 258 Å². The molecule has 0 aromatic heterocycles. The van der Waals surface area contributed by atoms with Crippen LogP contribution in [0.25, 0.3) is 0 Å². The smallest absolute Gasteiger partial charge is 0.306 e. The van der Waals surface area contributed by atoms with Gasteiger partial charge in [0.25, 0.3) is 0 Å². The van der Waals surface area contributed by atoms with Gasteiger partial charge in [-0.25, -0.2) is 0 Å². The molecule has 0 aromatic rings. The summed E-state index contributed by atoms with van der Waals surface area (Å²) in [6.45, 7) is 6.35. The summed E-state index contributed by atoms with van der Waals surface area (Å²) >= 11 is 0. The van der Waals surface area contributed by atoms with Crippen LogP contribution in [0, 0.1) is 0 Å². The Kier molecular flexibility index (Phi) is 53.4. The fourth-order valence-corrected chi connectivity index (χ4v) is 7.55. The molecule has 0 rings (SSSR count). The number of unbranched alkanes of at least 4 members (excludes halogenated alkanes) is 21. The van der Waals surface area contributed by atoms with Crippen LogP contribution >= 0.6 is 0 Å². The average molecular weight is 958 g/mol. The van der Waals surface area contributed by atoms with Crippen LogP contribution in [0.15, 0.2) is 109 Å². The van der Waals surface area contributed by atoms with E-state index in [1.165, 1.54) is 89.9 Å². The van der Waals surface area contributed by atoms with Crippen molar-refractivity contribution in [2.75, 3.05) is 13.2 Å². The molecule has 0 aliphatic carbocycles. The largest absolute Gasteiger partial charge is 0.462 e. The van der Waals surface area contributed by atoms with Gasteiger partial charge in [-0.15, -0.1) is 0 Å². The molecule has 0 amide bonds. The highest BCUT2D eigenvalue weighted by molar-refractivity contribution is 5.71. The van der Waals surface area contributed by atoms with Crippen molar-refractivity contribution < 1.29 is 28.6 Å². The number of esters is 3.